The van der Waals surface area contributed by atoms with Crippen LogP contribution in [-0.2, 0) is 19.1 Å². The Bertz CT molecular complexity index is 269. The summed E-state index contributed by atoms with van der Waals surface area (Å²) in [6, 6.07) is 0. The zero-order valence-corrected chi connectivity index (χ0v) is 10.6. The molecule has 0 N–H and O–H groups in total. The first-order valence-corrected chi connectivity index (χ1v) is 5.39. The molecule has 0 aliphatic heterocycles. The third-order valence-electron chi connectivity index (χ3n) is 1.98. The van der Waals surface area contributed by atoms with Crippen molar-refractivity contribution in [2.75, 3.05) is 13.2 Å². The summed E-state index contributed by atoms with van der Waals surface area (Å²) in [5.41, 5.74) is -0.478. The molecule has 0 aliphatic carbocycles. The Hall–Kier alpha value is -1.32. The predicted molar refractivity (Wildman–Crippen MR) is 60.8 cm³/mol. The monoisotopic (exact) mass is 228 g/mol. The summed E-state index contributed by atoms with van der Waals surface area (Å²) in [6.45, 7) is 9.02. The van der Waals surface area contributed by atoms with E-state index in [1.807, 2.05) is 13.8 Å². The van der Waals surface area contributed by atoms with E-state index >= 15 is 0 Å². The molecule has 0 atom stereocenters. The van der Waals surface area contributed by atoms with E-state index in [4.69, 9.17) is 9.47 Å². The summed E-state index contributed by atoms with van der Waals surface area (Å²) in [5, 5.41) is 0. The number of allylic oxidation sites excluding steroid dienone is 1. The van der Waals surface area contributed by atoms with E-state index in [0.29, 0.717) is 0 Å². The summed E-state index contributed by atoms with van der Waals surface area (Å²) in [6.07, 6.45) is 1.57. The molecular weight excluding hydrogens is 208 g/mol. The number of hydrogen-bond donors (Lipinski definition) is 0. The molecule has 0 aliphatic rings. The number of ether oxygens (including phenoxy) is 2. The quantitative estimate of drug-likeness (QED) is 0.411. The van der Waals surface area contributed by atoms with Gasteiger partial charge in [0.15, 0.2) is 5.41 Å². The van der Waals surface area contributed by atoms with Crippen LogP contribution in [0, 0.1) is 5.41 Å². The highest BCUT2D eigenvalue weighted by atomic mass is 16.6. The van der Waals surface area contributed by atoms with E-state index in [0.717, 1.165) is 5.57 Å². The van der Waals surface area contributed by atoms with Gasteiger partial charge >= 0.3 is 11.9 Å². The minimum Gasteiger partial charge on any atom is -0.465 e. The number of rotatable bonds is 5. The van der Waals surface area contributed by atoms with Crippen molar-refractivity contribution in [1.29, 1.82) is 0 Å². The number of esters is 2. The summed E-state index contributed by atoms with van der Waals surface area (Å²) < 4.78 is 9.78. The molecule has 0 heterocycles. The van der Waals surface area contributed by atoms with Crippen LogP contribution in [0.15, 0.2) is 11.6 Å². The van der Waals surface area contributed by atoms with E-state index in [1.165, 1.54) is 6.92 Å². The van der Waals surface area contributed by atoms with Crippen LogP contribution in [0.25, 0.3) is 0 Å². The summed E-state index contributed by atoms with van der Waals surface area (Å²) in [4.78, 5) is 23.5. The van der Waals surface area contributed by atoms with Gasteiger partial charge in [-0.15, -0.1) is 0 Å². The number of carbonyl (C=O) groups is 2. The number of hydrogen-bond acceptors (Lipinski definition) is 4. The van der Waals surface area contributed by atoms with Gasteiger partial charge in [0, 0.05) is 0 Å². The van der Waals surface area contributed by atoms with Gasteiger partial charge < -0.3 is 9.47 Å². The average molecular weight is 228 g/mol. The Morgan fingerprint density at radius 1 is 1.06 bits per heavy atom. The molecule has 0 aromatic carbocycles. The molecule has 0 aromatic rings. The van der Waals surface area contributed by atoms with Gasteiger partial charge in [0.2, 0.25) is 0 Å². The molecule has 4 heteroatoms. The fraction of sp³-hybridized carbons (Fsp3) is 0.667. The Kier molecular flexibility index (Phi) is 5.78. The maximum absolute atomic E-state index is 11.7. The van der Waals surface area contributed by atoms with Crippen LogP contribution in [0.4, 0.5) is 0 Å². The fourth-order valence-corrected chi connectivity index (χ4v) is 1.34. The molecule has 16 heavy (non-hydrogen) atoms. The van der Waals surface area contributed by atoms with Crippen LogP contribution >= 0.6 is 0 Å². The van der Waals surface area contributed by atoms with Gasteiger partial charge in [-0.3, -0.25) is 9.59 Å². The summed E-state index contributed by atoms with van der Waals surface area (Å²) in [7, 11) is 0. The zero-order valence-electron chi connectivity index (χ0n) is 10.6. The largest absolute Gasteiger partial charge is 0.465 e. The Balaban J connectivity index is 5.10. The van der Waals surface area contributed by atoms with E-state index < -0.39 is 17.4 Å². The van der Waals surface area contributed by atoms with Crippen molar-refractivity contribution < 1.29 is 19.1 Å². The van der Waals surface area contributed by atoms with Gasteiger partial charge in [-0.2, -0.15) is 0 Å². The second-order valence-electron chi connectivity index (χ2n) is 3.86. The lowest BCUT2D eigenvalue weighted by Gasteiger charge is -2.22. The van der Waals surface area contributed by atoms with Crippen LogP contribution in [0.5, 0.6) is 0 Å². The van der Waals surface area contributed by atoms with Gasteiger partial charge in [0.25, 0.3) is 0 Å². The molecule has 0 spiro atoms. The highest BCUT2D eigenvalue weighted by Gasteiger charge is 2.42. The molecule has 0 aromatic heterocycles. The lowest BCUT2D eigenvalue weighted by atomic mass is 9.88. The summed E-state index contributed by atoms with van der Waals surface area (Å²) in [5.74, 6) is -1.15. The van der Waals surface area contributed by atoms with Crippen LogP contribution in [0.1, 0.15) is 34.6 Å². The topological polar surface area (TPSA) is 52.6 Å². The van der Waals surface area contributed by atoms with E-state index in [1.54, 1.807) is 19.9 Å². The zero-order chi connectivity index (χ0) is 12.8. The van der Waals surface area contributed by atoms with Crippen LogP contribution in [0.3, 0.4) is 0 Å². The first-order chi connectivity index (χ1) is 7.38. The molecule has 0 fully saturated rings. The highest BCUT2D eigenvalue weighted by molar-refractivity contribution is 6.01. The first-order valence-electron chi connectivity index (χ1n) is 5.39. The summed E-state index contributed by atoms with van der Waals surface area (Å²) >= 11 is 0. The fourth-order valence-electron chi connectivity index (χ4n) is 1.34. The minimum atomic E-state index is -1.34. The third-order valence-corrected chi connectivity index (χ3v) is 1.98. The molecule has 0 saturated heterocycles. The normalized spacial score (nSPS) is 10.6. The molecule has 0 saturated carbocycles. The van der Waals surface area contributed by atoms with Gasteiger partial charge in [0.1, 0.15) is 0 Å². The van der Waals surface area contributed by atoms with Gasteiger partial charge in [-0.1, -0.05) is 11.6 Å². The number of carbonyl (C=O) groups excluding carboxylic acids is 2. The molecular formula is C12H20O4. The van der Waals surface area contributed by atoms with Crippen molar-refractivity contribution in [2.24, 2.45) is 5.41 Å². The molecule has 0 bridgehead atoms. The SMILES string of the molecule is CCOC(=O)C(C)(C=C(C)C)C(=O)OCC. The van der Waals surface area contributed by atoms with Gasteiger partial charge in [0.05, 0.1) is 13.2 Å². The maximum atomic E-state index is 11.7. The Morgan fingerprint density at radius 2 is 1.44 bits per heavy atom. The van der Waals surface area contributed by atoms with Gasteiger partial charge in [-0.25, -0.2) is 0 Å². The highest BCUT2D eigenvalue weighted by Crippen LogP contribution is 2.24. The first kappa shape index (κ1) is 14.7. The van der Waals surface area contributed by atoms with Crippen molar-refractivity contribution in [3.8, 4) is 0 Å². The molecule has 92 valence electrons. The maximum Gasteiger partial charge on any atom is 0.327 e. The third kappa shape index (κ3) is 3.68. The van der Waals surface area contributed by atoms with Crippen molar-refractivity contribution in [3.63, 3.8) is 0 Å². The van der Waals surface area contributed by atoms with Crippen molar-refractivity contribution >= 4 is 11.9 Å². The van der Waals surface area contributed by atoms with Crippen molar-refractivity contribution in [3.05, 3.63) is 11.6 Å². The Morgan fingerprint density at radius 3 is 1.69 bits per heavy atom. The Labute approximate surface area is 96.6 Å². The molecule has 4 nitrogen and oxygen atoms in total. The lowest BCUT2D eigenvalue weighted by molar-refractivity contribution is -0.166. The van der Waals surface area contributed by atoms with Crippen LogP contribution in [-0.4, -0.2) is 25.2 Å². The van der Waals surface area contributed by atoms with E-state index in [9.17, 15) is 9.59 Å². The molecule has 0 rings (SSSR count). The minimum absolute atomic E-state index is 0.241. The molecule has 0 unspecified atom stereocenters. The second kappa shape index (κ2) is 6.30. The second-order valence-corrected chi connectivity index (χ2v) is 3.86. The molecule has 0 radical (unpaired) electrons. The van der Waals surface area contributed by atoms with Crippen LogP contribution in [0.2, 0.25) is 0 Å². The van der Waals surface area contributed by atoms with Gasteiger partial charge in [-0.05, 0) is 34.6 Å². The smallest absolute Gasteiger partial charge is 0.327 e. The van der Waals surface area contributed by atoms with Crippen molar-refractivity contribution in [2.45, 2.75) is 34.6 Å². The predicted octanol–water partition coefficient (Wildman–Crippen LogP) is 2.09. The van der Waals surface area contributed by atoms with E-state index in [2.05, 4.69) is 0 Å². The standard InChI is InChI=1S/C12H20O4/c1-6-15-10(13)12(5,8-9(3)4)11(14)16-7-2/h8H,6-7H2,1-5H3. The molecule has 0 amide bonds. The van der Waals surface area contributed by atoms with Crippen LogP contribution < -0.4 is 0 Å². The van der Waals surface area contributed by atoms with Crippen molar-refractivity contribution in [1.82, 2.24) is 0 Å². The van der Waals surface area contributed by atoms with E-state index in [-0.39, 0.29) is 13.2 Å². The lowest BCUT2D eigenvalue weighted by Crippen LogP contribution is -2.38. The average Bonchev–Trinajstić information content (AvgIpc) is 2.17.